The molecule has 1 fully saturated rings. The van der Waals surface area contributed by atoms with Gasteiger partial charge in [-0.25, -0.2) is 0 Å². The molecule has 0 aliphatic heterocycles. The maximum absolute atomic E-state index is 12.0. The van der Waals surface area contributed by atoms with Crippen molar-refractivity contribution in [3.63, 3.8) is 0 Å². The van der Waals surface area contributed by atoms with Gasteiger partial charge in [-0.1, -0.05) is 18.2 Å². The summed E-state index contributed by atoms with van der Waals surface area (Å²) in [6, 6.07) is 11.8. The van der Waals surface area contributed by atoms with Crippen LogP contribution in [-0.4, -0.2) is 48.6 Å². The van der Waals surface area contributed by atoms with E-state index in [2.05, 4.69) is 0 Å². The summed E-state index contributed by atoms with van der Waals surface area (Å²) < 4.78 is 5.33. The van der Waals surface area contributed by atoms with Gasteiger partial charge in [-0.05, 0) is 63.0 Å². The maximum Gasteiger partial charge on any atom is 0.273 e. The van der Waals surface area contributed by atoms with E-state index in [1.807, 2.05) is 43.3 Å². The molecule has 31 heavy (non-hydrogen) atoms. The minimum atomic E-state index is -1.12. The van der Waals surface area contributed by atoms with Crippen molar-refractivity contribution in [2.45, 2.75) is 30.8 Å². The first-order valence-electron chi connectivity index (χ1n) is 10.3. The number of carbonyl (C=O) groups excluding carboxylic acids is 1. The number of hydrogen-bond donors (Lipinski definition) is 2. The van der Waals surface area contributed by atoms with Crippen LogP contribution in [0.25, 0.3) is 0 Å². The van der Waals surface area contributed by atoms with Crippen LogP contribution in [0.5, 0.6) is 5.75 Å². The van der Waals surface area contributed by atoms with Crippen molar-refractivity contribution in [3.8, 4) is 5.75 Å². The van der Waals surface area contributed by atoms with Crippen LogP contribution in [0.1, 0.15) is 46.7 Å². The smallest absolute Gasteiger partial charge is 0.273 e. The van der Waals surface area contributed by atoms with E-state index >= 15 is 0 Å². The molecule has 0 bridgehead atoms. The number of hydrogen-bond acceptors (Lipinski definition) is 6. The zero-order chi connectivity index (χ0) is 22.8. The van der Waals surface area contributed by atoms with E-state index in [1.165, 1.54) is 18.2 Å². The zero-order valence-corrected chi connectivity index (χ0v) is 18.1. The highest BCUT2D eigenvalue weighted by Gasteiger charge is 2.45. The van der Waals surface area contributed by atoms with Crippen molar-refractivity contribution in [1.82, 2.24) is 4.90 Å². The van der Waals surface area contributed by atoms with Crippen LogP contribution in [0.3, 0.4) is 0 Å². The number of nitrogens with zero attached hydrogens (tertiary/aromatic N) is 2. The summed E-state index contributed by atoms with van der Waals surface area (Å²) >= 11 is 0. The summed E-state index contributed by atoms with van der Waals surface area (Å²) in [4.78, 5) is 25.3. The SMILES string of the molecule is COc1cccc(C2(O)CCC(c3c(C(N)=O)cccc3[N+](=O)[O-])CC2CN(C)C)c1. The van der Waals surface area contributed by atoms with Crippen LogP contribution >= 0.6 is 0 Å². The quantitative estimate of drug-likeness (QED) is 0.518. The van der Waals surface area contributed by atoms with Crippen molar-refractivity contribution < 1.29 is 19.6 Å². The molecule has 3 rings (SSSR count). The largest absolute Gasteiger partial charge is 0.497 e. The molecule has 3 atom stereocenters. The van der Waals surface area contributed by atoms with Gasteiger partial charge in [0.2, 0.25) is 5.91 Å². The summed E-state index contributed by atoms with van der Waals surface area (Å²) in [6.07, 6.45) is 1.37. The number of primary amides is 1. The van der Waals surface area contributed by atoms with E-state index in [-0.39, 0.29) is 23.1 Å². The number of nitro groups is 1. The van der Waals surface area contributed by atoms with Crippen LogP contribution in [-0.2, 0) is 5.60 Å². The van der Waals surface area contributed by atoms with Gasteiger partial charge in [-0.2, -0.15) is 0 Å². The monoisotopic (exact) mass is 427 g/mol. The molecule has 0 saturated heterocycles. The lowest BCUT2D eigenvalue weighted by atomic mass is 9.65. The average Bonchev–Trinajstić information content (AvgIpc) is 2.74. The highest BCUT2D eigenvalue weighted by molar-refractivity contribution is 5.95. The number of methoxy groups -OCH3 is 1. The molecular weight excluding hydrogens is 398 g/mol. The van der Waals surface area contributed by atoms with Gasteiger partial charge in [0.05, 0.1) is 17.6 Å². The van der Waals surface area contributed by atoms with Crippen molar-refractivity contribution in [2.75, 3.05) is 27.7 Å². The third-order valence-corrected chi connectivity index (χ3v) is 6.23. The Morgan fingerprint density at radius 3 is 2.65 bits per heavy atom. The third-order valence-electron chi connectivity index (χ3n) is 6.23. The van der Waals surface area contributed by atoms with Gasteiger partial charge in [-0.15, -0.1) is 0 Å². The molecule has 1 amide bonds. The Labute approximate surface area is 181 Å². The summed E-state index contributed by atoms with van der Waals surface area (Å²) in [6.45, 7) is 0.580. The lowest BCUT2D eigenvalue weighted by molar-refractivity contribution is -0.385. The molecule has 2 aromatic carbocycles. The molecule has 1 saturated carbocycles. The Morgan fingerprint density at radius 2 is 2.03 bits per heavy atom. The number of nitrogens with two attached hydrogens (primary N) is 1. The molecule has 0 aromatic heterocycles. The minimum absolute atomic E-state index is 0.100. The van der Waals surface area contributed by atoms with E-state index in [4.69, 9.17) is 10.5 Å². The van der Waals surface area contributed by atoms with Crippen LogP contribution < -0.4 is 10.5 Å². The molecule has 2 aromatic rings. The molecular formula is C23H29N3O5. The fraction of sp³-hybridized carbons (Fsp3) is 0.435. The molecule has 3 unspecified atom stereocenters. The topological polar surface area (TPSA) is 119 Å². The van der Waals surface area contributed by atoms with E-state index in [0.29, 0.717) is 37.1 Å². The number of carbonyl (C=O) groups is 1. The Kier molecular flexibility index (Phi) is 6.62. The third kappa shape index (κ3) is 4.55. The summed E-state index contributed by atoms with van der Waals surface area (Å²) in [5, 5.41) is 23.5. The van der Waals surface area contributed by atoms with Gasteiger partial charge in [-0.3, -0.25) is 14.9 Å². The zero-order valence-electron chi connectivity index (χ0n) is 18.1. The highest BCUT2D eigenvalue weighted by atomic mass is 16.6. The Balaban J connectivity index is 2.05. The second-order valence-corrected chi connectivity index (χ2v) is 8.45. The normalized spacial score (nSPS) is 23.5. The number of amides is 1. The van der Waals surface area contributed by atoms with Gasteiger partial charge < -0.3 is 20.5 Å². The van der Waals surface area contributed by atoms with E-state index in [0.717, 1.165) is 5.56 Å². The van der Waals surface area contributed by atoms with Crippen molar-refractivity contribution in [1.29, 1.82) is 0 Å². The summed E-state index contributed by atoms with van der Waals surface area (Å²) in [5.74, 6) is -0.503. The van der Waals surface area contributed by atoms with E-state index in [1.54, 1.807) is 7.11 Å². The minimum Gasteiger partial charge on any atom is -0.497 e. The lowest BCUT2D eigenvalue weighted by Gasteiger charge is -2.44. The van der Waals surface area contributed by atoms with Gasteiger partial charge in [0.15, 0.2) is 0 Å². The second kappa shape index (κ2) is 9.03. The number of ether oxygens (including phenoxy) is 1. The molecule has 3 N–H and O–H groups in total. The van der Waals surface area contributed by atoms with E-state index in [9.17, 15) is 20.0 Å². The van der Waals surface area contributed by atoms with Crippen LogP contribution in [0.15, 0.2) is 42.5 Å². The van der Waals surface area contributed by atoms with Crippen molar-refractivity contribution in [3.05, 3.63) is 69.3 Å². The van der Waals surface area contributed by atoms with Crippen molar-refractivity contribution in [2.24, 2.45) is 11.7 Å². The first kappa shape index (κ1) is 22.7. The number of nitro benzene ring substituents is 1. The lowest BCUT2D eigenvalue weighted by Crippen LogP contribution is -2.45. The Bertz CT molecular complexity index is 945. The van der Waals surface area contributed by atoms with Gasteiger partial charge in [0.25, 0.3) is 5.69 Å². The highest BCUT2D eigenvalue weighted by Crippen LogP contribution is 2.49. The summed E-state index contributed by atoms with van der Waals surface area (Å²) in [7, 11) is 5.43. The first-order chi connectivity index (χ1) is 14.7. The van der Waals surface area contributed by atoms with Crippen LogP contribution in [0.4, 0.5) is 5.69 Å². The molecule has 8 nitrogen and oxygen atoms in total. The van der Waals surface area contributed by atoms with Gasteiger partial charge in [0.1, 0.15) is 5.75 Å². The standard InChI is InChI=1S/C23H29N3O5/c1-25(2)14-17-12-15(21-19(22(24)27)8-5-9-20(21)26(29)30)10-11-23(17,28)16-6-4-7-18(13-16)31-3/h4-9,13,15,17,28H,10-12,14H2,1-3H3,(H2,24,27). The van der Waals surface area contributed by atoms with Crippen LogP contribution in [0, 0.1) is 16.0 Å². The number of aliphatic hydroxyl groups is 1. The Morgan fingerprint density at radius 1 is 1.32 bits per heavy atom. The first-order valence-corrected chi connectivity index (χ1v) is 10.3. The van der Waals surface area contributed by atoms with Crippen LogP contribution in [0.2, 0.25) is 0 Å². The molecule has 8 heteroatoms. The molecule has 0 heterocycles. The predicted octanol–water partition coefficient (Wildman–Crippen LogP) is 3.04. The fourth-order valence-corrected chi connectivity index (χ4v) is 4.81. The maximum atomic E-state index is 12.0. The van der Waals surface area contributed by atoms with Gasteiger partial charge in [0, 0.05) is 29.7 Å². The van der Waals surface area contributed by atoms with Gasteiger partial charge >= 0.3 is 0 Å². The Hall–Kier alpha value is -2.97. The molecule has 1 aliphatic rings. The predicted molar refractivity (Wildman–Crippen MR) is 117 cm³/mol. The molecule has 0 spiro atoms. The number of benzene rings is 2. The van der Waals surface area contributed by atoms with E-state index < -0.39 is 16.4 Å². The number of rotatable bonds is 7. The second-order valence-electron chi connectivity index (χ2n) is 8.45. The molecule has 166 valence electrons. The average molecular weight is 428 g/mol. The fourth-order valence-electron chi connectivity index (χ4n) is 4.81. The molecule has 0 radical (unpaired) electrons. The molecule has 1 aliphatic carbocycles. The van der Waals surface area contributed by atoms with Crippen molar-refractivity contribution >= 4 is 11.6 Å². The summed E-state index contributed by atoms with van der Waals surface area (Å²) in [5.41, 5.74) is 5.64.